The predicted octanol–water partition coefficient (Wildman–Crippen LogP) is 3.63. The van der Waals surface area contributed by atoms with Crippen LogP contribution in [0.1, 0.15) is 19.3 Å². The second kappa shape index (κ2) is 6.05. The first kappa shape index (κ1) is 15.4. The third kappa shape index (κ3) is 2.62. The van der Waals surface area contributed by atoms with Gasteiger partial charge in [-0.15, -0.1) is 15.3 Å². The summed E-state index contributed by atoms with van der Waals surface area (Å²) < 4.78 is 16.0. The van der Waals surface area contributed by atoms with Gasteiger partial charge in [0.15, 0.2) is 11.5 Å². The van der Waals surface area contributed by atoms with Gasteiger partial charge in [-0.05, 0) is 43.4 Å². The Hall–Kier alpha value is -2.15. The van der Waals surface area contributed by atoms with Gasteiger partial charge in [0.1, 0.15) is 11.6 Å². The van der Waals surface area contributed by atoms with Crippen LogP contribution in [0.3, 0.4) is 0 Å². The normalized spacial score (nSPS) is 16.1. The molecule has 1 N–H and O–H groups in total. The van der Waals surface area contributed by atoms with Gasteiger partial charge in [-0.25, -0.2) is 4.39 Å². The molecule has 1 aliphatic carbocycles. The molecule has 0 bridgehead atoms. The number of hydrogen-bond donors (Lipinski definition) is 1. The zero-order valence-electron chi connectivity index (χ0n) is 13.4. The Labute approximate surface area is 143 Å². The van der Waals surface area contributed by atoms with Gasteiger partial charge >= 0.3 is 0 Å². The molecule has 0 radical (unpaired) electrons. The molecule has 4 rings (SSSR count). The first-order valence-electron chi connectivity index (χ1n) is 7.97. The van der Waals surface area contributed by atoms with E-state index in [0.717, 1.165) is 12.4 Å². The number of halogens is 1. The molecule has 0 atom stereocenters. The van der Waals surface area contributed by atoms with E-state index in [0.29, 0.717) is 21.8 Å². The number of rotatable bonds is 5. The van der Waals surface area contributed by atoms with Crippen molar-refractivity contribution in [2.75, 3.05) is 18.1 Å². The van der Waals surface area contributed by atoms with Crippen molar-refractivity contribution in [1.29, 1.82) is 0 Å². The zero-order valence-corrected chi connectivity index (χ0v) is 14.2. The first-order valence-corrected chi connectivity index (χ1v) is 9.20. The highest BCUT2D eigenvalue weighted by atomic mass is 32.2. The summed E-state index contributed by atoms with van der Waals surface area (Å²) in [4.78, 5) is 0. The average molecular weight is 343 g/mol. The molecule has 0 amide bonds. The summed E-state index contributed by atoms with van der Waals surface area (Å²) in [6, 6.07) is 10.3. The predicted molar refractivity (Wildman–Crippen MR) is 94.8 cm³/mol. The SMILES string of the molecule is CSC1(CNc2ccc3nnc(-c4ccccc4F)n3n2)CCC1. The summed E-state index contributed by atoms with van der Waals surface area (Å²) in [6.07, 6.45) is 5.92. The number of thioether (sulfide) groups is 1. The van der Waals surface area contributed by atoms with E-state index >= 15 is 0 Å². The van der Waals surface area contributed by atoms with Crippen molar-refractivity contribution in [2.24, 2.45) is 0 Å². The molecule has 1 aliphatic rings. The number of fused-ring (bicyclic) bond motifs is 1. The van der Waals surface area contributed by atoms with E-state index in [1.807, 2.05) is 23.9 Å². The van der Waals surface area contributed by atoms with E-state index in [9.17, 15) is 4.39 Å². The molecule has 0 saturated heterocycles. The molecule has 5 nitrogen and oxygen atoms in total. The fourth-order valence-corrected chi connectivity index (χ4v) is 3.88. The number of hydrogen-bond acceptors (Lipinski definition) is 5. The van der Waals surface area contributed by atoms with Crippen LogP contribution >= 0.6 is 11.8 Å². The van der Waals surface area contributed by atoms with Crippen LogP contribution in [0, 0.1) is 5.82 Å². The lowest BCUT2D eigenvalue weighted by Crippen LogP contribution is -2.40. The fraction of sp³-hybridized carbons (Fsp3) is 0.353. The van der Waals surface area contributed by atoms with Gasteiger partial charge in [0, 0.05) is 11.3 Å². The van der Waals surface area contributed by atoms with Gasteiger partial charge in [0.25, 0.3) is 0 Å². The van der Waals surface area contributed by atoms with E-state index < -0.39 is 0 Å². The molecule has 2 heterocycles. The minimum absolute atomic E-state index is 0.318. The van der Waals surface area contributed by atoms with Crippen molar-refractivity contribution in [3.63, 3.8) is 0 Å². The molecule has 0 aliphatic heterocycles. The van der Waals surface area contributed by atoms with Crippen molar-refractivity contribution in [2.45, 2.75) is 24.0 Å². The zero-order chi connectivity index (χ0) is 16.6. The quantitative estimate of drug-likeness (QED) is 0.767. The topological polar surface area (TPSA) is 55.1 Å². The second-order valence-corrected chi connectivity index (χ2v) is 7.36. The average Bonchev–Trinajstić information content (AvgIpc) is 2.98. The highest BCUT2D eigenvalue weighted by Crippen LogP contribution is 2.42. The maximum Gasteiger partial charge on any atom is 0.188 e. The van der Waals surface area contributed by atoms with E-state index in [1.165, 1.54) is 25.3 Å². The van der Waals surface area contributed by atoms with Crippen LogP contribution in [0.5, 0.6) is 0 Å². The second-order valence-electron chi connectivity index (χ2n) is 6.09. The van der Waals surface area contributed by atoms with Crippen LogP contribution in [-0.4, -0.2) is 37.4 Å². The summed E-state index contributed by atoms with van der Waals surface area (Å²) >= 11 is 1.91. The van der Waals surface area contributed by atoms with Crippen molar-refractivity contribution < 1.29 is 4.39 Å². The Morgan fingerprint density at radius 2 is 2.04 bits per heavy atom. The van der Waals surface area contributed by atoms with Crippen LogP contribution in [0.15, 0.2) is 36.4 Å². The molecular weight excluding hydrogens is 325 g/mol. The number of anilines is 1. The fourth-order valence-electron chi connectivity index (χ4n) is 2.97. The van der Waals surface area contributed by atoms with E-state index in [2.05, 4.69) is 26.9 Å². The van der Waals surface area contributed by atoms with Crippen LogP contribution in [0.25, 0.3) is 17.0 Å². The number of nitrogens with one attached hydrogen (secondary N) is 1. The van der Waals surface area contributed by atoms with E-state index in [1.54, 1.807) is 22.7 Å². The molecule has 1 aromatic carbocycles. The van der Waals surface area contributed by atoms with E-state index in [-0.39, 0.29) is 5.82 Å². The van der Waals surface area contributed by atoms with Gasteiger partial charge in [0.2, 0.25) is 0 Å². The molecule has 0 unspecified atom stereocenters. The molecule has 24 heavy (non-hydrogen) atoms. The smallest absolute Gasteiger partial charge is 0.188 e. The molecular formula is C17H18FN5S. The largest absolute Gasteiger partial charge is 0.367 e. The highest BCUT2D eigenvalue weighted by molar-refractivity contribution is 8.00. The first-order chi connectivity index (χ1) is 11.7. The highest BCUT2D eigenvalue weighted by Gasteiger charge is 2.35. The van der Waals surface area contributed by atoms with E-state index in [4.69, 9.17) is 0 Å². The summed E-state index contributed by atoms with van der Waals surface area (Å²) in [5, 5.41) is 16.1. The van der Waals surface area contributed by atoms with Crippen molar-refractivity contribution >= 4 is 23.2 Å². The lowest BCUT2D eigenvalue weighted by Gasteiger charge is -2.40. The lowest BCUT2D eigenvalue weighted by atomic mass is 9.84. The van der Waals surface area contributed by atoms with Crippen molar-refractivity contribution in [3.05, 3.63) is 42.2 Å². The molecule has 2 aromatic heterocycles. The standard InChI is InChI=1S/C17H18FN5S/c1-24-17(9-4-10-17)11-19-14-7-8-15-20-21-16(23(15)22-14)12-5-2-3-6-13(12)18/h2-3,5-8H,4,9-11H2,1H3,(H,19,22). The summed E-state index contributed by atoms with van der Waals surface area (Å²) in [7, 11) is 0. The van der Waals surface area contributed by atoms with Gasteiger partial charge in [-0.3, -0.25) is 0 Å². The monoisotopic (exact) mass is 343 g/mol. The third-order valence-electron chi connectivity index (χ3n) is 4.67. The molecule has 7 heteroatoms. The van der Waals surface area contributed by atoms with Gasteiger partial charge < -0.3 is 5.32 Å². The maximum atomic E-state index is 14.1. The summed E-state index contributed by atoms with van der Waals surface area (Å²) in [5.41, 5.74) is 0.997. The van der Waals surface area contributed by atoms with Crippen LogP contribution in [0.2, 0.25) is 0 Å². The minimum atomic E-state index is -0.331. The Balaban J connectivity index is 1.65. The molecule has 3 aromatic rings. The summed E-state index contributed by atoms with van der Waals surface area (Å²) in [6.45, 7) is 0.879. The number of nitrogens with zero attached hydrogens (tertiary/aromatic N) is 4. The van der Waals surface area contributed by atoms with Crippen LogP contribution < -0.4 is 5.32 Å². The Kier molecular flexibility index (Phi) is 3.88. The number of aromatic nitrogens is 4. The Morgan fingerprint density at radius 1 is 1.21 bits per heavy atom. The maximum absolute atomic E-state index is 14.1. The van der Waals surface area contributed by atoms with Gasteiger partial charge in [-0.2, -0.15) is 16.3 Å². The van der Waals surface area contributed by atoms with Crippen molar-refractivity contribution in [3.8, 4) is 11.4 Å². The molecule has 124 valence electrons. The van der Waals surface area contributed by atoms with Gasteiger partial charge in [0.05, 0.1) is 5.56 Å². The number of benzene rings is 1. The Bertz CT molecular complexity index is 869. The van der Waals surface area contributed by atoms with Crippen LogP contribution in [-0.2, 0) is 0 Å². The third-order valence-corrected chi connectivity index (χ3v) is 6.09. The molecule has 1 saturated carbocycles. The van der Waals surface area contributed by atoms with Gasteiger partial charge in [-0.1, -0.05) is 18.6 Å². The molecule has 1 fully saturated rings. The Morgan fingerprint density at radius 3 is 2.75 bits per heavy atom. The molecule has 0 spiro atoms. The lowest BCUT2D eigenvalue weighted by molar-refractivity contribution is 0.379. The van der Waals surface area contributed by atoms with Crippen molar-refractivity contribution in [1.82, 2.24) is 19.8 Å². The minimum Gasteiger partial charge on any atom is -0.367 e. The van der Waals surface area contributed by atoms with Crippen LogP contribution in [0.4, 0.5) is 10.2 Å². The summed E-state index contributed by atoms with van der Waals surface area (Å²) in [5.74, 6) is 0.831.